The van der Waals surface area contributed by atoms with Crippen molar-refractivity contribution in [3.8, 4) is 11.5 Å². The fourth-order valence-corrected chi connectivity index (χ4v) is 2.67. The first-order valence-corrected chi connectivity index (χ1v) is 6.70. The number of fused-ring (bicyclic) bond motifs is 1. The summed E-state index contributed by atoms with van der Waals surface area (Å²) in [5, 5.41) is 0. The van der Waals surface area contributed by atoms with E-state index in [-0.39, 0.29) is 11.9 Å². The van der Waals surface area contributed by atoms with Crippen molar-refractivity contribution >= 4 is 5.91 Å². The molecule has 2 rings (SSSR count). The second-order valence-electron chi connectivity index (χ2n) is 5.11. The van der Waals surface area contributed by atoms with Crippen LogP contribution in [0.2, 0.25) is 0 Å². The van der Waals surface area contributed by atoms with Crippen molar-refractivity contribution in [2.24, 2.45) is 0 Å². The number of carbonyl (C=O) groups is 1. The van der Waals surface area contributed by atoms with Gasteiger partial charge in [-0.1, -0.05) is 6.58 Å². The average Bonchev–Trinajstić information content (AvgIpc) is 2.45. The van der Waals surface area contributed by atoms with Crippen molar-refractivity contribution in [3.05, 3.63) is 35.4 Å². The quantitative estimate of drug-likeness (QED) is 0.796. The van der Waals surface area contributed by atoms with Crippen LogP contribution in [0.1, 0.15) is 31.0 Å². The van der Waals surface area contributed by atoms with E-state index in [0.717, 1.165) is 17.7 Å². The van der Waals surface area contributed by atoms with Gasteiger partial charge in [0.1, 0.15) is 0 Å². The van der Waals surface area contributed by atoms with Crippen LogP contribution in [0.4, 0.5) is 0 Å². The maximum Gasteiger partial charge on any atom is 0.249 e. The molecule has 0 radical (unpaired) electrons. The second kappa shape index (κ2) is 5.57. The molecule has 0 unspecified atom stereocenters. The molecule has 1 aromatic rings. The summed E-state index contributed by atoms with van der Waals surface area (Å²) < 4.78 is 10.7. The molecule has 1 aromatic carbocycles. The third-order valence-electron chi connectivity index (χ3n) is 3.81. The molecule has 1 aliphatic rings. The lowest BCUT2D eigenvalue weighted by Crippen LogP contribution is -2.39. The highest BCUT2D eigenvalue weighted by atomic mass is 16.5. The maximum atomic E-state index is 12.2. The summed E-state index contributed by atoms with van der Waals surface area (Å²) in [5.74, 6) is 1.44. The van der Waals surface area contributed by atoms with Crippen molar-refractivity contribution in [3.63, 3.8) is 0 Å². The summed E-state index contributed by atoms with van der Waals surface area (Å²) >= 11 is 0. The zero-order valence-corrected chi connectivity index (χ0v) is 12.5. The van der Waals surface area contributed by atoms with Gasteiger partial charge in [-0.3, -0.25) is 4.79 Å². The van der Waals surface area contributed by atoms with E-state index in [4.69, 9.17) is 9.47 Å². The van der Waals surface area contributed by atoms with E-state index in [1.54, 1.807) is 21.1 Å². The van der Waals surface area contributed by atoms with Crippen LogP contribution in [0.3, 0.4) is 0 Å². The molecule has 4 nitrogen and oxygen atoms in total. The maximum absolute atomic E-state index is 12.2. The van der Waals surface area contributed by atoms with Gasteiger partial charge in [0.05, 0.1) is 20.3 Å². The van der Waals surface area contributed by atoms with Crippen LogP contribution >= 0.6 is 0 Å². The molecule has 1 aliphatic heterocycles. The van der Waals surface area contributed by atoms with Gasteiger partial charge >= 0.3 is 0 Å². The Morgan fingerprint density at radius 3 is 2.45 bits per heavy atom. The first-order chi connectivity index (χ1) is 9.49. The van der Waals surface area contributed by atoms with Crippen LogP contribution in [0.15, 0.2) is 24.3 Å². The van der Waals surface area contributed by atoms with Gasteiger partial charge in [-0.05, 0) is 43.5 Å². The van der Waals surface area contributed by atoms with Crippen LogP contribution in [0, 0.1) is 0 Å². The molecule has 0 N–H and O–H groups in total. The summed E-state index contributed by atoms with van der Waals surface area (Å²) in [5.41, 5.74) is 2.89. The highest BCUT2D eigenvalue weighted by molar-refractivity contribution is 5.92. The summed E-state index contributed by atoms with van der Waals surface area (Å²) in [7, 11) is 3.25. The molecular formula is C16H21NO3. The Bertz CT molecular complexity index is 551. The van der Waals surface area contributed by atoms with Crippen LogP contribution in [0.5, 0.6) is 11.5 Å². The molecule has 0 spiro atoms. The summed E-state index contributed by atoms with van der Waals surface area (Å²) in [6.07, 6.45) is 0.818. The third-order valence-corrected chi connectivity index (χ3v) is 3.81. The van der Waals surface area contributed by atoms with Crippen molar-refractivity contribution in [1.29, 1.82) is 0 Å². The molecule has 1 atom stereocenters. The first kappa shape index (κ1) is 14.4. The van der Waals surface area contributed by atoms with E-state index in [9.17, 15) is 4.79 Å². The lowest BCUT2D eigenvalue weighted by Gasteiger charge is -2.36. The first-order valence-electron chi connectivity index (χ1n) is 6.70. The molecule has 1 heterocycles. The van der Waals surface area contributed by atoms with Crippen molar-refractivity contribution in [2.75, 3.05) is 20.8 Å². The zero-order valence-electron chi connectivity index (χ0n) is 12.5. The third kappa shape index (κ3) is 2.38. The molecule has 108 valence electrons. The van der Waals surface area contributed by atoms with E-state index in [0.29, 0.717) is 17.9 Å². The van der Waals surface area contributed by atoms with E-state index >= 15 is 0 Å². The lowest BCUT2D eigenvalue weighted by atomic mass is 9.92. The molecule has 20 heavy (non-hydrogen) atoms. The van der Waals surface area contributed by atoms with Crippen LogP contribution in [0.25, 0.3) is 0 Å². The Labute approximate surface area is 120 Å². The number of nitrogens with zero attached hydrogens (tertiary/aromatic N) is 1. The minimum atomic E-state index is 0.0120. The number of benzene rings is 1. The van der Waals surface area contributed by atoms with Gasteiger partial charge in [-0.25, -0.2) is 0 Å². The fraction of sp³-hybridized carbons (Fsp3) is 0.438. The molecular weight excluding hydrogens is 254 g/mol. The second-order valence-corrected chi connectivity index (χ2v) is 5.11. The minimum absolute atomic E-state index is 0.0120. The van der Waals surface area contributed by atoms with Crippen molar-refractivity contribution in [2.45, 2.75) is 26.3 Å². The number of carbonyl (C=O) groups excluding carboxylic acids is 1. The highest BCUT2D eigenvalue weighted by Crippen LogP contribution is 2.38. The van der Waals surface area contributed by atoms with Gasteiger partial charge in [0.2, 0.25) is 5.91 Å². The zero-order chi connectivity index (χ0) is 14.9. The monoisotopic (exact) mass is 275 g/mol. The molecule has 0 aromatic heterocycles. The lowest BCUT2D eigenvalue weighted by molar-refractivity contribution is -0.129. The molecule has 0 bridgehead atoms. The van der Waals surface area contributed by atoms with E-state index < -0.39 is 0 Å². The predicted octanol–water partition coefficient (Wildman–Crippen LogP) is 2.73. The number of hydrogen-bond donors (Lipinski definition) is 0. The normalized spacial score (nSPS) is 17.4. The van der Waals surface area contributed by atoms with Gasteiger partial charge in [-0.2, -0.15) is 0 Å². The van der Waals surface area contributed by atoms with Gasteiger partial charge in [0.25, 0.3) is 0 Å². The van der Waals surface area contributed by atoms with Crippen LogP contribution in [-0.4, -0.2) is 31.6 Å². The molecule has 0 saturated carbocycles. The Morgan fingerprint density at radius 2 is 1.90 bits per heavy atom. The Morgan fingerprint density at radius 1 is 1.30 bits per heavy atom. The van der Waals surface area contributed by atoms with Gasteiger partial charge < -0.3 is 14.4 Å². The Hall–Kier alpha value is -1.97. The number of ether oxygens (including phenoxy) is 2. The van der Waals surface area contributed by atoms with E-state index in [1.165, 1.54) is 5.56 Å². The predicted molar refractivity (Wildman–Crippen MR) is 78.2 cm³/mol. The fourth-order valence-electron chi connectivity index (χ4n) is 2.67. The molecule has 0 saturated heterocycles. The largest absolute Gasteiger partial charge is 0.493 e. The Balaban J connectivity index is 2.41. The smallest absolute Gasteiger partial charge is 0.249 e. The number of methoxy groups -OCH3 is 2. The average molecular weight is 275 g/mol. The molecule has 4 heteroatoms. The molecule has 0 fully saturated rings. The standard InChI is InChI=1S/C16H21NO3/c1-10(2)16(18)17-7-6-12-8-14(19-4)15(20-5)9-13(12)11(17)3/h8-9,11H,1,6-7H2,2-5H3/t11-/m0/s1. The van der Waals surface area contributed by atoms with Gasteiger partial charge in [0.15, 0.2) is 11.5 Å². The van der Waals surface area contributed by atoms with Gasteiger partial charge in [-0.15, -0.1) is 0 Å². The van der Waals surface area contributed by atoms with Gasteiger partial charge in [0, 0.05) is 12.1 Å². The van der Waals surface area contributed by atoms with E-state index in [2.05, 4.69) is 6.58 Å². The topological polar surface area (TPSA) is 38.8 Å². The number of amides is 1. The van der Waals surface area contributed by atoms with E-state index in [1.807, 2.05) is 24.0 Å². The highest BCUT2D eigenvalue weighted by Gasteiger charge is 2.29. The molecule has 0 aliphatic carbocycles. The SMILES string of the molecule is C=C(C)C(=O)N1CCc2cc(OC)c(OC)cc2[C@@H]1C. The summed E-state index contributed by atoms with van der Waals surface area (Å²) in [6.45, 7) is 8.23. The number of hydrogen-bond acceptors (Lipinski definition) is 3. The van der Waals surface area contributed by atoms with Crippen molar-refractivity contribution < 1.29 is 14.3 Å². The van der Waals surface area contributed by atoms with Crippen LogP contribution < -0.4 is 9.47 Å². The minimum Gasteiger partial charge on any atom is -0.493 e. The molecule has 1 amide bonds. The van der Waals surface area contributed by atoms with Crippen molar-refractivity contribution in [1.82, 2.24) is 4.90 Å². The summed E-state index contributed by atoms with van der Waals surface area (Å²) in [4.78, 5) is 14.0. The van der Waals surface area contributed by atoms with Crippen LogP contribution in [-0.2, 0) is 11.2 Å². The number of rotatable bonds is 3. The summed E-state index contributed by atoms with van der Waals surface area (Å²) in [6, 6.07) is 3.99. The Kier molecular flexibility index (Phi) is 4.02.